The van der Waals surface area contributed by atoms with Gasteiger partial charge in [-0.15, -0.1) is 0 Å². The highest BCUT2D eigenvalue weighted by Gasteiger charge is 2.23. The van der Waals surface area contributed by atoms with E-state index in [1.807, 2.05) is 0 Å². The predicted molar refractivity (Wildman–Crippen MR) is 118 cm³/mol. The van der Waals surface area contributed by atoms with Crippen molar-refractivity contribution >= 4 is 16.8 Å². The fourth-order valence-electron chi connectivity index (χ4n) is 4.36. The standard InChI is InChI=1S/C24H29N3O3/c1-29-22-11-5-9-20(23(22)30-2)24(28)26-13-17-7-6-12-27(15-17)16-18-14-25-21-10-4-3-8-19(18)21/h3-5,8-11,14,17,25H,6-7,12-13,15-16H2,1-2H3,(H,26,28). The number of fused-ring (bicyclic) bond motifs is 1. The Kier molecular flexibility index (Phi) is 6.23. The molecule has 30 heavy (non-hydrogen) atoms. The fourth-order valence-corrected chi connectivity index (χ4v) is 4.36. The Labute approximate surface area is 177 Å². The molecule has 6 nitrogen and oxygen atoms in total. The third kappa shape index (κ3) is 4.28. The van der Waals surface area contributed by atoms with E-state index < -0.39 is 0 Å². The van der Waals surface area contributed by atoms with E-state index in [0.29, 0.717) is 29.5 Å². The highest BCUT2D eigenvalue weighted by molar-refractivity contribution is 5.97. The molecule has 2 aromatic carbocycles. The maximum absolute atomic E-state index is 12.8. The summed E-state index contributed by atoms with van der Waals surface area (Å²) in [6.07, 6.45) is 4.39. The monoisotopic (exact) mass is 407 g/mol. The van der Waals surface area contributed by atoms with Crippen LogP contribution in [0, 0.1) is 5.92 Å². The van der Waals surface area contributed by atoms with Gasteiger partial charge in [0, 0.05) is 36.7 Å². The molecule has 1 saturated heterocycles. The summed E-state index contributed by atoms with van der Waals surface area (Å²) >= 11 is 0. The Hall–Kier alpha value is -2.99. The van der Waals surface area contributed by atoms with Gasteiger partial charge in [0.1, 0.15) is 0 Å². The SMILES string of the molecule is COc1cccc(C(=O)NCC2CCCN(Cc3c[nH]c4ccccc34)C2)c1OC. The fraction of sp³-hybridized carbons (Fsp3) is 0.375. The minimum Gasteiger partial charge on any atom is -0.493 e. The lowest BCUT2D eigenvalue weighted by molar-refractivity contribution is 0.0927. The Bertz CT molecular complexity index is 1010. The molecule has 0 spiro atoms. The number of likely N-dealkylation sites (tertiary alicyclic amines) is 1. The molecular formula is C24H29N3O3. The van der Waals surface area contributed by atoms with Crippen molar-refractivity contribution < 1.29 is 14.3 Å². The summed E-state index contributed by atoms with van der Waals surface area (Å²) in [5.74, 6) is 1.35. The molecule has 0 radical (unpaired) electrons. The number of benzene rings is 2. The van der Waals surface area contributed by atoms with Crippen molar-refractivity contribution in [3.05, 3.63) is 59.8 Å². The topological polar surface area (TPSA) is 66.6 Å². The Morgan fingerprint density at radius 1 is 1.17 bits per heavy atom. The van der Waals surface area contributed by atoms with Crippen molar-refractivity contribution in [2.24, 2.45) is 5.92 Å². The first-order valence-corrected chi connectivity index (χ1v) is 10.5. The van der Waals surface area contributed by atoms with Gasteiger partial charge in [0.05, 0.1) is 19.8 Å². The van der Waals surface area contributed by atoms with Crippen molar-refractivity contribution in [2.75, 3.05) is 33.9 Å². The number of hydrogen-bond donors (Lipinski definition) is 2. The molecule has 2 N–H and O–H groups in total. The molecule has 1 fully saturated rings. The van der Waals surface area contributed by atoms with Crippen molar-refractivity contribution in [3.63, 3.8) is 0 Å². The van der Waals surface area contributed by atoms with E-state index in [0.717, 1.165) is 32.5 Å². The number of H-pyrrole nitrogens is 1. The summed E-state index contributed by atoms with van der Waals surface area (Å²) in [4.78, 5) is 18.6. The molecule has 0 bridgehead atoms. The van der Waals surface area contributed by atoms with E-state index in [9.17, 15) is 4.79 Å². The second kappa shape index (κ2) is 9.22. The molecule has 2 heterocycles. The van der Waals surface area contributed by atoms with Crippen LogP contribution in [0.4, 0.5) is 0 Å². The number of piperidine rings is 1. The average Bonchev–Trinajstić information content (AvgIpc) is 3.20. The number of carbonyl (C=O) groups excluding carboxylic acids is 1. The summed E-state index contributed by atoms with van der Waals surface area (Å²) in [5, 5.41) is 4.39. The van der Waals surface area contributed by atoms with Crippen LogP contribution < -0.4 is 14.8 Å². The largest absolute Gasteiger partial charge is 0.493 e. The number of aromatic amines is 1. The van der Waals surface area contributed by atoms with Gasteiger partial charge in [0.25, 0.3) is 5.91 Å². The summed E-state index contributed by atoms with van der Waals surface area (Å²) in [6.45, 7) is 3.66. The number of para-hydroxylation sites is 2. The molecule has 158 valence electrons. The van der Waals surface area contributed by atoms with Gasteiger partial charge < -0.3 is 19.8 Å². The van der Waals surface area contributed by atoms with Gasteiger partial charge in [0.15, 0.2) is 11.5 Å². The van der Waals surface area contributed by atoms with Gasteiger partial charge in [-0.05, 0) is 49.1 Å². The number of methoxy groups -OCH3 is 2. The quantitative estimate of drug-likeness (QED) is 0.625. The van der Waals surface area contributed by atoms with E-state index in [1.54, 1.807) is 32.4 Å². The molecule has 4 rings (SSSR count). The number of amides is 1. The third-order valence-electron chi connectivity index (χ3n) is 5.87. The minimum atomic E-state index is -0.125. The zero-order valence-corrected chi connectivity index (χ0v) is 17.6. The van der Waals surface area contributed by atoms with Crippen molar-refractivity contribution in [2.45, 2.75) is 19.4 Å². The summed E-state index contributed by atoms with van der Waals surface area (Å²) < 4.78 is 10.7. The lowest BCUT2D eigenvalue weighted by Gasteiger charge is -2.32. The maximum Gasteiger partial charge on any atom is 0.255 e. The number of carbonyl (C=O) groups is 1. The van der Waals surface area contributed by atoms with Gasteiger partial charge in [-0.1, -0.05) is 24.3 Å². The summed E-state index contributed by atoms with van der Waals surface area (Å²) in [5.41, 5.74) is 3.01. The Balaban J connectivity index is 1.36. The summed E-state index contributed by atoms with van der Waals surface area (Å²) in [6, 6.07) is 13.8. The van der Waals surface area contributed by atoms with Crippen LogP contribution in [0.25, 0.3) is 10.9 Å². The number of rotatable bonds is 7. The van der Waals surface area contributed by atoms with Crippen molar-refractivity contribution in [3.8, 4) is 11.5 Å². The van der Waals surface area contributed by atoms with E-state index in [1.165, 1.54) is 16.5 Å². The van der Waals surface area contributed by atoms with Crippen molar-refractivity contribution in [1.82, 2.24) is 15.2 Å². The molecule has 0 saturated carbocycles. The van der Waals surface area contributed by atoms with Gasteiger partial charge in [-0.2, -0.15) is 0 Å². The first-order valence-electron chi connectivity index (χ1n) is 10.5. The van der Waals surface area contributed by atoms with E-state index in [-0.39, 0.29) is 5.91 Å². The van der Waals surface area contributed by atoms with Crippen LogP contribution in [-0.2, 0) is 6.54 Å². The normalized spacial score (nSPS) is 17.1. The van der Waals surface area contributed by atoms with Crippen LogP contribution in [-0.4, -0.2) is 49.6 Å². The van der Waals surface area contributed by atoms with E-state index in [4.69, 9.17) is 9.47 Å². The smallest absolute Gasteiger partial charge is 0.255 e. The van der Waals surface area contributed by atoms with Gasteiger partial charge in [-0.3, -0.25) is 9.69 Å². The highest BCUT2D eigenvalue weighted by atomic mass is 16.5. The first kappa shape index (κ1) is 20.3. The van der Waals surface area contributed by atoms with Crippen LogP contribution in [0.1, 0.15) is 28.8 Å². The lowest BCUT2D eigenvalue weighted by Crippen LogP contribution is -2.40. The lowest BCUT2D eigenvalue weighted by atomic mass is 9.97. The van der Waals surface area contributed by atoms with Crippen LogP contribution in [0.3, 0.4) is 0 Å². The molecular weight excluding hydrogens is 378 g/mol. The highest BCUT2D eigenvalue weighted by Crippen LogP contribution is 2.30. The molecule has 1 atom stereocenters. The zero-order chi connectivity index (χ0) is 20.9. The van der Waals surface area contributed by atoms with Gasteiger partial charge in [0.2, 0.25) is 0 Å². The van der Waals surface area contributed by atoms with Crippen LogP contribution in [0.5, 0.6) is 11.5 Å². The number of hydrogen-bond acceptors (Lipinski definition) is 4. The number of aromatic nitrogens is 1. The molecule has 1 aliphatic rings. The molecule has 1 aromatic heterocycles. The molecule has 1 amide bonds. The average molecular weight is 408 g/mol. The summed E-state index contributed by atoms with van der Waals surface area (Å²) in [7, 11) is 3.13. The zero-order valence-electron chi connectivity index (χ0n) is 17.6. The van der Waals surface area contributed by atoms with Gasteiger partial charge in [-0.25, -0.2) is 0 Å². The van der Waals surface area contributed by atoms with Crippen molar-refractivity contribution in [1.29, 1.82) is 0 Å². The second-order valence-corrected chi connectivity index (χ2v) is 7.85. The molecule has 6 heteroatoms. The first-order chi connectivity index (χ1) is 14.7. The van der Waals surface area contributed by atoms with Crippen LogP contribution in [0.2, 0.25) is 0 Å². The number of nitrogens with one attached hydrogen (secondary N) is 2. The Morgan fingerprint density at radius 2 is 2.03 bits per heavy atom. The number of ether oxygens (including phenoxy) is 2. The van der Waals surface area contributed by atoms with E-state index >= 15 is 0 Å². The third-order valence-corrected chi connectivity index (χ3v) is 5.87. The van der Waals surface area contributed by atoms with Crippen LogP contribution in [0.15, 0.2) is 48.7 Å². The van der Waals surface area contributed by atoms with E-state index in [2.05, 4.69) is 45.7 Å². The van der Waals surface area contributed by atoms with Gasteiger partial charge >= 0.3 is 0 Å². The predicted octanol–water partition coefficient (Wildman–Crippen LogP) is 3.83. The van der Waals surface area contributed by atoms with Crippen LogP contribution >= 0.6 is 0 Å². The second-order valence-electron chi connectivity index (χ2n) is 7.85. The maximum atomic E-state index is 12.8. The molecule has 3 aromatic rings. The molecule has 1 unspecified atom stereocenters. The Morgan fingerprint density at radius 3 is 2.87 bits per heavy atom. The molecule has 0 aliphatic carbocycles. The minimum absolute atomic E-state index is 0.125. The number of nitrogens with zero attached hydrogens (tertiary/aromatic N) is 1. The molecule has 1 aliphatic heterocycles.